The minimum atomic E-state index is -4.60. The van der Waals surface area contributed by atoms with E-state index in [9.17, 15) is 19.4 Å². The lowest BCUT2D eigenvalue weighted by molar-refractivity contribution is -0.870. The van der Waals surface area contributed by atoms with Crippen LogP contribution >= 0.6 is 7.82 Å². The number of nitrogens with one attached hydrogen (secondary N) is 1. The van der Waals surface area contributed by atoms with E-state index in [-0.39, 0.29) is 19.1 Å². The third-order valence-corrected chi connectivity index (χ3v) is 16.7. The summed E-state index contributed by atoms with van der Waals surface area (Å²) in [5.41, 5.74) is 0. The van der Waals surface area contributed by atoms with Gasteiger partial charge in [-0.15, -0.1) is 0 Å². The van der Waals surface area contributed by atoms with Crippen molar-refractivity contribution in [1.29, 1.82) is 0 Å². The maximum Gasteiger partial charge on any atom is 0.268 e. The topological polar surface area (TPSA) is 108 Å². The molecule has 9 heteroatoms. The first-order valence-electron chi connectivity index (χ1n) is 35.9. The molecule has 1 amide bonds. The van der Waals surface area contributed by atoms with Crippen LogP contribution in [0.2, 0.25) is 0 Å². The third kappa shape index (κ3) is 68.4. The van der Waals surface area contributed by atoms with Crippen molar-refractivity contribution in [1.82, 2.24) is 5.32 Å². The maximum absolute atomic E-state index is 13.1. The number of phosphoric ester groups is 1. The van der Waals surface area contributed by atoms with Crippen LogP contribution in [-0.2, 0) is 18.4 Å². The summed E-state index contributed by atoms with van der Waals surface area (Å²) < 4.78 is 23.5. The summed E-state index contributed by atoms with van der Waals surface area (Å²) in [4.78, 5) is 25.7. The monoisotopic (exact) mass is 1220 g/mol. The second kappa shape index (κ2) is 66.3. The fourth-order valence-corrected chi connectivity index (χ4v) is 10.9. The Morgan fingerprint density at radius 3 is 1.03 bits per heavy atom. The molecule has 3 atom stereocenters. The standard InChI is InChI=1S/C77H137N2O6P/c1-6-8-10-12-14-16-18-20-22-24-26-28-30-32-34-36-37-38-39-40-41-43-45-47-49-51-53-55-57-59-61-63-65-67-69-71-77(81)78-75(74-85-86(82,83)84-73-72-79(3,4)5)76(80)70-68-66-64-62-60-58-56-54-52-50-48-46-44-42-35-33-31-29-27-25-23-21-19-17-15-13-11-9-7-2/h8,10,14,16,20,22,26,28,32,34,37-38,40-41,45,47,51,53,57,59,75-76,80H,6-7,9,11-13,15,17-19,21,23-25,27,29-31,33,35-36,39,42-44,46,48-50,52,54-56,58,60-74H2,1-5H3,(H-,78,81,82,83)/b10-8-,16-14-,22-20-,28-26-,34-32-,38-37-,41-40-,47-45-,53-51-,59-57-. The number of hydrogen-bond donors (Lipinski definition) is 2. The molecule has 0 aliphatic carbocycles. The highest BCUT2D eigenvalue weighted by Gasteiger charge is 2.24. The Morgan fingerprint density at radius 2 is 0.709 bits per heavy atom. The molecule has 0 rings (SSSR count). The van der Waals surface area contributed by atoms with Crippen molar-refractivity contribution < 1.29 is 32.9 Å². The van der Waals surface area contributed by atoms with E-state index in [4.69, 9.17) is 9.05 Å². The molecule has 0 saturated carbocycles. The summed E-state index contributed by atoms with van der Waals surface area (Å²) >= 11 is 0. The number of aliphatic hydroxyl groups is 1. The van der Waals surface area contributed by atoms with Crippen LogP contribution in [0.15, 0.2) is 122 Å². The first kappa shape index (κ1) is 82.9. The van der Waals surface area contributed by atoms with E-state index in [0.29, 0.717) is 23.9 Å². The van der Waals surface area contributed by atoms with Gasteiger partial charge in [0.2, 0.25) is 5.91 Å². The van der Waals surface area contributed by atoms with Gasteiger partial charge in [-0.05, 0) is 89.9 Å². The van der Waals surface area contributed by atoms with E-state index in [1.165, 1.54) is 167 Å². The number of unbranched alkanes of at least 4 members (excludes halogenated alkanes) is 32. The van der Waals surface area contributed by atoms with Gasteiger partial charge in [-0.3, -0.25) is 9.36 Å². The summed E-state index contributed by atoms with van der Waals surface area (Å²) in [5, 5.41) is 14.1. The van der Waals surface area contributed by atoms with E-state index in [1.807, 2.05) is 21.1 Å². The second-order valence-electron chi connectivity index (χ2n) is 25.2. The Morgan fingerprint density at radius 1 is 0.419 bits per heavy atom. The number of carbonyl (C=O) groups excluding carboxylic acids is 1. The van der Waals surface area contributed by atoms with Crippen molar-refractivity contribution in [3.8, 4) is 0 Å². The molecule has 496 valence electrons. The van der Waals surface area contributed by atoms with Gasteiger partial charge in [0.05, 0.1) is 39.9 Å². The highest BCUT2D eigenvalue weighted by molar-refractivity contribution is 7.45. The minimum absolute atomic E-state index is 0.000946. The maximum atomic E-state index is 13.1. The first-order valence-corrected chi connectivity index (χ1v) is 37.3. The lowest BCUT2D eigenvalue weighted by Gasteiger charge is -2.30. The summed E-state index contributed by atoms with van der Waals surface area (Å²) in [5.74, 6) is -0.190. The van der Waals surface area contributed by atoms with Crippen molar-refractivity contribution in [2.45, 2.75) is 321 Å². The first-order chi connectivity index (χ1) is 42.0. The molecule has 0 aliphatic heterocycles. The molecule has 0 fully saturated rings. The zero-order valence-electron chi connectivity index (χ0n) is 56.7. The zero-order valence-corrected chi connectivity index (χ0v) is 57.6. The average Bonchev–Trinajstić information content (AvgIpc) is 3.70. The van der Waals surface area contributed by atoms with Crippen LogP contribution in [0, 0.1) is 0 Å². The predicted octanol–water partition coefficient (Wildman–Crippen LogP) is 22.6. The van der Waals surface area contributed by atoms with E-state index >= 15 is 0 Å². The van der Waals surface area contributed by atoms with Gasteiger partial charge >= 0.3 is 0 Å². The highest BCUT2D eigenvalue weighted by Crippen LogP contribution is 2.38. The lowest BCUT2D eigenvalue weighted by Crippen LogP contribution is -2.46. The van der Waals surface area contributed by atoms with E-state index in [2.05, 4.69) is 141 Å². The van der Waals surface area contributed by atoms with Gasteiger partial charge in [0, 0.05) is 6.42 Å². The van der Waals surface area contributed by atoms with Gasteiger partial charge in [0.15, 0.2) is 0 Å². The summed E-state index contributed by atoms with van der Waals surface area (Å²) in [6, 6.07) is -0.826. The van der Waals surface area contributed by atoms with Crippen molar-refractivity contribution >= 4 is 13.7 Å². The van der Waals surface area contributed by atoms with Crippen LogP contribution in [0.25, 0.3) is 0 Å². The number of nitrogens with zero attached hydrogens (tertiary/aromatic N) is 1. The molecule has 0 aliphatic rings. The normalized spacial score (nSPS) is 14.4. The van der Waals surface area contributed by atoms with Crippen LogP contribution in [0.5, 0.6) is 0 Å². The largest absolute Gasteiger partial charge is 0.756 e. The fourth-order valence-electron chi connectivity index (χ4n) is 10.2. The number of phosphoric acid groups is 1. The smallest absolute Gasteiger partial charge is 0.268 e. The van der Waals surface area contributed by atoms with Crippen molar-refractivity contribution in [3.63, 3.8) is 0 Å². The zero-order chi connectivity index (χ0) is 62.6. The average molecular weight is 1220 g/mol. The summed E-state index contributed by atoms with van der Waals surface area (Å²) in [6.07, 6.45) is 98.5. The number of allylic oxidation sites excluding steroid dienone is 20. The number of likely N-dealkylation sites (N-methyl/N-ethyl adjacent to an activating group) is 1. The molecule has 2 N–H and O–H groups in total. The molecular weight excluding hydrogens is 1080 g/mol. The van der Waals surface area contributed by atoms with Crippen LogP contribution in [-0.4, -0.2) is 68.5 Å². The van der Waals surface area contributed by atoms with Gasteiger partial charge < -0.3 is 28.8 Å². The Labute approximate surface area is 533 Å². The van der Waals surface area contributed by atoms with Gasteiger partial charge in [0.25, 0.3) is 7.82 Å². The number of aliphatic hydroxyl groups excluding tert-OH is 1. The molecular formula is C77H137N2O6P. The molecule has 0 bridgehead atoms. The molecule has 0 saturated heterocycles. The molecule has 0 aromatic heterocycles. The number of quaternary nitrogens is 1. The van der Waals surface area contributed by atoms with Crippen molar-refractivity contribution in [2.24, 2.45) is 0 Å². The SMILES string of the molecule is CC/C=C\C/C=C\C/C=C\C/C=C\C/C=C\C/C=C\C/C=C\C/C=C\C/C=C\C/C=C\CCCCCCC(=O)NC(COP(=O)([O-])OCC[N+](C)(C)C)C(O)CCCCCCCCCCCCCCCCCCCCCCCCCCCCCCC. The van der Waals surface area contributed by atoms with Crippen LogP contribution in [0.3, 0.4) is 0 Å². The van der Waals surface area contributed by atoms with E-state index < -0.39 is 20.0 Å². The van der Waals surface area contributed by atoms with Crippen LogP contribution in [0.4, 0.5) is 0 Å². The molecule has 3 unspecified atom stereocenters. The molecule has 0 spiro atoms. The molecule has 0 heterocycles. The Balaban J connectivity index is 4.15. The van der Waals surface area contributed by atoms with Crippen LogP contribution < -0.4 is 10.2 Å². The number of hydrogen-bond acceptors (Lipinski definition) is 6. The number of carbonyl (C=O) groups is 1. The third-order valence-electron chi connectivity index (χ3n) is 15.7. The van der Waals surface area contributed by atoms with Gasteiger partial charge in [-0.25, -0.2) is 0 Å². The summed E-state index contributed by atoms with van der Waals surface area (Å²) in [6.45, 7) is 4.61. The minimum Gasteiger partial charge on any atom is -0.756 e. The van der Waals surface area contributed by atoms with Gasteiger partial charge in [0.1, 0.15) is 13.2 Å². The Hall–Kier alpha value is -3.10. The molecule has 0 aromatic carbocycles. The fraction of sp³-hybridized carbons (Fsp3) is 0.727. The highest BCUT2D eigenvalue weighted by atomic mass is 31.2. The molecule has 0 radical (unpaired) electrons. The Kier molecular flexibility index (Phi) is 63.9. The number of amides is 1. The van der Waals surface area contributed by atoms with E-state index in [0.717, 1.165) is 116 Å². The van der Waals surface area contributed by atoms with Crippen molar-refractivity contribution in [3.05, 3.63) is 122 Å². The number of rotatable bonds is 65. The molecule has 86 heavy (non-hydrogen) atoms. The predicted molar refractivity (Wildman–Crippen MR) is 375 cm³/mol. The quantitative estimate of drug-likeness (QED) is 0.0272. The lowest BCUT2D eigenvalue weighted by atomic mass is 10.0. The van der Waals surface area contributed by atoms with Gasteiger partial charge in [-0.1, -0.05) is 334 Å². The molecule has 0 aromatic rings. The van der Waals surface area contributed by atoms with Crippen molar-refractivity contribution in [2.75, 3.05) is 40.9 Å². The Bertz CT molecular complexity index is 1820. The van der Waals surface area contributed by atoms with Gasteiger partial charge in [-0.2, -0.15) is 0 Å². The summed E-state index contributed by atoms with van der Waals surface area (Å²) in [7, 11) is 1.28. The second-order valence-corrected chi connectivity index (χ2v) is 26.6. The molecule has 8 nitrogen and oxygen atoms in total. The van der Waals surface area contributed by atoms with E-state index in [1.54, 1.807) is 0 Å². The van der Waals surface area contributed by atoms with Crippen LogP contribution in [0.1, 0.15) is 309 Å².